The number of benzene rings is 2. The molecule has 0 aliphatic carbocycles. The number of aromatic amines is 1. The molecule has 29 heavy (non-hydrogen) atoms. The first kappa shape index (κ1) is 17.2. The molecule has 1 unspecified atom stereocenters. The maximum atomic E-state index is 4.94. The largest absolute Gasteiger partial charge is 0.360 e. The fraction of sp³-hybridized carbons (Fsp3) is 0.136. The third kappa shape index (κ3) is 3.16. The molecule has 0 bridgehead atoms. The molecule has 0 aliphatic heterocycles. The fourth-order valence-corrected chi connectivity index (χ4v) is 3.38. The van der Waals surface area contributed by atoms with Gasteiger partial charge in [0.05, 0.1) is 34.8 Å². The van der Waals surface area contributed by atoms with Gasteiger partial charge in [0.25, 0.3) is 0 Å². The van der Waals surface area contributed by atoms with E-state index in [1.54, 1.807) is 6.33 Å². The number of hydrogen-bond acceptors (Lipinski definition) is 6. The average molecular weight is 381 g/mol. The summed E-state index contributed by atoms with van der Waals surface area (Å²) in [5.41, 5.74) is 7.08. The Kier molecular flexibility index (Phi) is 4.13. The van der Waals surface area contributed by atoms with Crippen molar-refractivity contribution < 1.29 is 0 Å². The predicted octanol–water partition coefficient (Wildman–Crippen LogP) is 4.44. The van der Waals surface area contributed by atoms with Gasteiger partial charge in [0.1, 0.15) is 11.8 Å². The second-order valence-corrected chi connectivity index (χ2v) is 7.00. The normalized spacial score (nSPS) is 12.3. The van der Waals surface area contributed by atoms with Crippen molar-refractivity contribution in [3.05, 3.63) is 72.4 Å². The summed E-state index contributed by atoms with van der Waals surface area (Å²) in [7, 11) is 0. The first-order valence-electron chi connectivity index (χ1n) is 9.43. The van der Waals surface area contributed by atoms with E-state index in [0.29, 0.717) is 17.0 Å². The van der Waals surface area contributed by atoms with Crippen molar-refractivity contribution in [1.82, 2.24) is 29.9 Å². The van der Waals surface area contributed by atoms with Crippen LogP contribution in [0.15, 0.2) is 61.2 Å². The first-order chi connectivity index (χ1) is 14.2. The molecule has 3 heterocycles. The summed E-state index contributed by atoms with van der Waals surface area (Å²) in [4.78, 5) is 25.8. The molecule has 7 nitrogen and oxygen atoms in total. The van der Waals surface area contributed by atoms with Crippen LogP contribution >= 0.6 is 0 Å². The monoisotopic (exact) mass is 381 g/mol. The molecule has 5 aromatic rings. The van der Waals surface area contributed by atoms with Crippen LogP contribution in [-0.4, -0.2) is 29.9 Å². The van der Waals surface area contributed by atoms with Gasteiger partial charge >= 0.3 is 0 Å². The third-order valence-corrected chi connectivity index (χ3v) is 4.90. The van der Waals surface area contributed by atoms with E-state index in [9.17, 15) is 0 Å². The van der Waals surface area contributed by atoms with Crippen molar-refractivity contribution in [2.75, 3.05) is 5.32 Å². The smallest absolute Gasteiger partial charge is 0.162 e. The number of H-pyrrole nitrogens is 1. The van der Waals surface area contributed by atoms with E-state index < -0.39 is 0 Å². The van der Waals surface area contributed by atoms with Crippen LogP contribution in [0.3, 0.4) is 0 Å². The first-order valence-corrected chi connectivity index (χ1v) is 9.43. The quantitative estimate of drug-likeness (QED) is 0.478. The molecule has 0 saturated carbocycles. The van der Waals surface area contributed by atoms with E-state index in [-0.39, 0.29) is 6.04 Å². The Morgan fingerprint density at radius 3 is 2.45 bits per heavy atom. The van der Waals surface area contributed by atoms with Crippen LogP contribution in [-0.2, 0) is 0 Å². The van der Waals surface area contributed by atoms with E-state index in [1.807, 2.05) is 24.3 Å². The van der Waals surface area contributed by atoms with Gasteiger partial charge in [0, 0.05) is 5.56 Å². The van der Waals surface area contributed by atoms with Crippen molar-refractivity contribution >= 4 is 28.0 Å². The standard InChI is InChI=1S/C22H19N7/c1-13-7-9-15(10-8-13)19-18(28-16-5-3-4-6-17(16)29-19)14(2)27-22-20-21(24-11-23-20)25-12-26-22/h3-12,14H,1-2H3,(H2,23,24,25,26,27). The lowest BCUT2D eigenvalue weighted by molar-refractivity contribution is 0.835. The number of anilines is 1. The van der Waals surface area contributed by atoms with Gasteiger partial charge in [0.15, 0.2) is 11.5 Å². The number of nitrogens with zero attached hydrogens (tertiary/aromatic N) is 5. The van der Waals surface area contributed by atoms with E-state index in [1.165, 1.54) is 11.9 Å². The third-order valence-electron chi connectivity index (χ3n) is 4.90. The van der Waals surface area contributed by atoms with Gasteiger partial charge in [-0.25, -0.2) is 24.9 Å². The summed E-state index contributed by atoms with van der Waals surface area (Å²) in [5.74, 6) is 0.661. The molecule has 2 aromatic carbocycles. The Balaban J connectivity index is 1.63. The molecule has 5 rings (SSSR count). The lowest BCUT2D eigenvalue weighted by Crippen LogP contribution is -2.13. The Morgan fingerprint density at radius 2 is 1.66 bits per heavy atom. The Labute approximate surface area is 167 Å². The molecule has 0 radical (unpaired) electrons. The predicted molar refractivity (Wildman–Crippen MR) is 113 cm³/mol. The van der Waals surface area contributed by atoms with Crippen LogP contribution < -0.4 is 5.32 Å². The second-order valence-electron chi connectivity index (χ2n) is 7.00. The number of aryl methyl sites for hydroxylation is 1. The zero-order chi connectivity index (χ0) is 19.8. The molecule has 1 atom stereocenters. The molecule has 142 valence electrons. The SMILES string of the molecule is Cc1ccc(-c2nc3ccccc3nc2C(C)Nc2ncnc3[nH]cnc23)cc1. The molecule has 0 aliphatic rings. The summed E-state index contributed by atoms with van der Waals surface area (Å²) >= 11 is 0. The summed E-state index contributed by atoms with van der Waals surface area (Å²) < 4.78 is 0. The number of nitrogens with one attached hydrogen (secondary N) is 2. The van der Waals surface area contributed by atoms with Crippen LogP contribution in [0.4, 0.5) is 5.82 Å². The summed E-state index contributed by atoms with van der Waals surface area (Å²) in [6.45, 7) is 4.13. The van der Waals surface area contributed by atoms with Crippen LogP contribution in [0.2, 0.25) is 0 Å². The van der Waals surface area contributed by atoms with Gasteiger partial charge in [0.2, 0.25) is 0 Å². The van der Waals surface area contributed by atoms with Crippen LogP contribution in [0.1, 0.15) is 24.2 Å². The Morgan fingerprint density at radius 1 is 0.897 bits per heavy atom. The molecule has 0 amide bonds. The van der Waals surface area contributed by atoms with Crippen molar-refractivity contribution in [2.45, 2.75) is 19.9 Å². The van der Waals surface area contributed by atoms with Gasteiger partial charge in [-0.2, -0.15) is 0 Å². The molecular weight excluding hydrogens is 362 g/mol. The van der Waals surface area contributed by atoms with Gasteiger partial charge in [-0.3, -0.25) is 0 Å². The van der Waals surface area contributed by atoms with Gasteiger partial charge in [-0.05, 0) is 26.0 Å². The number of fused-ring (bicyclic) bond motifs is 2. The molecule has 7 heteroatoms. The molecule has 0 saturated heterocycles. The summed E-state index contributed by atoms with van der Waals surface area (Å²) in [6, 6.07) is 16.1. The van der Waals surface area contributed by atoms with Crippen molar-refractivity contribution in [2.24, 2.45) is 0 Å². The number of hydrogen-bond donors (Lipinski definition) is 2. The minimum Gasteiger partial charge on any atom is -0.360 e. The fourth-order valence-electron chi connectivity index (χ4n) is 3.38. The number of aromatic nitrogens is 6. The van der Waals surface area contributed by atoms with Crippen molar-refractivity contribution in [3.63, 3.8) is 0 Å². The molecule has 2 N–H and O–H groups in total. The zero-order valence-electron chi connectivity index (χ0n) is 16.1. The van der Waals surface area contributed by atoms with Crippen molar-refractivity contribution in [1.29, 1.82) is 0 Å². The highest BCUT2D eigenvalue weighted by molar-refractivity contribution is 5.83. The van der Waals surface area contributed by atoms with Crippen LogP contribution in [0.25, 0.3) is 33.5 Å². The maximum Gasteiger partial charge on any atom is 0.162 e. The summed E-state index contributed by atoms with van der Waals surface area (Å²) in [5, 5.41) is 3.44. The number of para-hydroxylation sites is 2. The highest BCUT2D eigenvalue weighted by atomic mass is 15.1. The highest BCUT2D eigenvalue weighted by Gasteiger charge is 2.19. The average Bonchev–Trinajstić information content (AvgIpc) is 3.23. The zero-order valence-corrected chi connectivity index (χ0v) is 16.1. The number of imidazole rings is 1. The van der Waals surface area contributed by atoms with E-state index in [0.717, 1.165) is 28.0 Å². The van der Waals surface area contributed by atoms with Crippen LogP contribution in [0, 0.1) is 6.92 Å². The highest BCUT2D eigenvalue weighted by Crippen LogP contribution is 2.30. The lowest BCUT2D eigenvalue weighted by atomic mass is 10.0. The lowest BCUT2D eigenvalue weighted by Gasteiger charge is -2.18. The van der Waals surface area contributed by atoms with E-state index in [2.05, 4.69) is 63.4 Å². The minimum atomic E-state index is -0.141. The van der Waals surface area contributed by atoms with Gasteiger partial charge in [-0.15, -0.1) is 0 Å². The maximum absolute atomic E-state index is 4.94. The molecule has 3 aromatic heterocycles. The van der Waals surface area contributed by atoms with Crippen LogP contribution in [0.5, 0.6) is 0 Å². The number of rotatable bonds is 4. The van der Waals surface area contributed by atoms with Gasteiger partial charge < -0.3 is 10.3 Å². The second kappa shape index (κ2) is 6.94. The minimum absolute atomic E-state index is 0.141. The molecule has 0 fully saturated rings. The van der Waals surface area contributed by atoms with Crippen molar-refractivity contribution in [3.8, 4) is 11.3 Å². The van der Waals surface area contributed by atoms with E-state index >= 15 is 0 Å². The molecule has 0 spiro atoms. The van der Waals surface area contributed by atoms with E-state index in [4.69, 9.17) is 9.97 Å². The van der Waals surface area contributed by atoms with Gasteiger partial charge in [-0.1, -0.05) is 42.0 Å². The topological polar surface area (TPSA) is 92.3 Å². The Hall–Kier alpha value is -3.87. The summed E-state index contributed by atoms with van der Waals surface area (Å²) in [6.07, 6.45) is 3.13. The Bertz CT molecular complexity index is 1310. The molecular formula is C22H19N7.